The normalized spacial score (nSPS) is 22.3. The second kappa shape index (κ2) is 20.8. The topological polar surface area (TPSA) is 223 Å². The van der Waals surface area contributed by atoms with E-state index in [4.69, 9.17) is 33.5 Å². The molecule has 2 fully saturated rings. The first-order valence-corrected chi connectivity index (χ1v) is 16.9. The van der Waals surface area contributed by atoms with Crippen molar-refractivity contribution in [2.75, 3.05) is 51.4 Å². The van der Waals surface area contributed by atoms with Crippen LogP contribution in [-0.2, 0) is 58.6 Å². The molecule has 1 aromatic rings. The van der Waals surface area contributed by atoms with Crippen molar-refractivity contribution in [2.24, 2.45) is 0 Å². The zero-order valence-corrected chi connectivity index (χ0v) is 29.0. The van der Waals surface area contributed by atoms with Gasteiger partial charge in [-0.3, -0.25) is 29.0 Å². The minimum atomic E-state index is -4.76. The van der Waals surface area contributed by atoms with E-state index in [1.807, 2.05) is 0 Å². The Morgan fingerprint density at radius 2 is 1.60 bits per heavy atom. The summed E-state index contributed by atoms with van der Waals surface area (Å²) in [6.45, 7) is 3.52. The number of rotatable bonds is 23. The van der Waals surface area contributed by atoms with E-state index in [0.717, 1.165) is 39.3 Å². The van der Waals surface area contributed by atoms with Gasteiger partial charge in [0.05, 0.1) is 38.8 Å². The van der Waals surface area contributed by atoms with Crippen LogP contribution in [0.3, 0.4) is 0 Å². The molecule has 52 heavy (non-hydrogen) atoms. The molecule has 0 saturated carbocycles. The van der Waals surface area contributed by atoms with Gasteiger partial charge in [-0.05, 0) is 19.3 Å². The van der Waals surface area contributed by atoms with Crippen molar-refractivity contribution in [1.29, 1.82) is 0 Å². The number of aliphatic carboxylic acids is 1. The molecule has 0 radical (unpaired) electrons. The number of anilines is 1. The molecule has 5 atom stereocenters. The van der Waals surface area contributed by atoms with Gasteiger partial charge in [-0.15, -0.1) is 0 Å². The second-order valence-electron chi connectivity index (χ2n) is 12.2. The van der Waals surface area contributed by atoms with Crippen LogP contribution < -0.4 is 16.0 Å². The SMILES string of the molecule is CC(=O)O[C@@H]1[C@@H](Nc2cncc(C(F)(F)F)n2)[C@H]2OC[C@](COCCCCCCNC(=O)CCOCCNC(=O)CCCC(=O)O)(O2)[C@@H]1OC(C)=O. The van der Waals surface area contributed by atoms with E-state index in [0.29, 0.717) is 25.8 Å². The van der Waals surface area contributed by atoms with Crippen molar-refractivity contribution in [3.63, 3.8) is 0 Å². The van der Waals surface area contributed by atoms with Gasteiger partial charge in [0.1, 0.15) is 11.9 Å². The number of carboxylic acid groups (broad SMARTS) is 1. The Labute approximate surface area is 298 Å². The third-order valence-electron chi connectivity index (χ3n) is 7.86. The van der Waals surface area contributed by atoms with Crippen LogP contribution in [0.5, 0.6) is 0 Å². The molecular weight excluding hydrogens is 703 g/mol. The summed E-state index contributed by atoms with van der Waals surface area (Å²) in [6, 6.07) is -1.13. The molecule has 4 N–H and O–H groups in total. The fraction of sp³-hybridized carbons (Fsp3) is 0.719. The lowest BCUT2D eigenvalue weighted by atomic mass is 9.87. The van der Waals surface area contributed by atoms with Crippen LogP contribution in [-0.4, -0.2) is 121 Å². The van der Waals surface area contributed by atoms with Crippen LogP contribution in [0.2, 0.25) is 0 Å². The summed E-state index contributed by atoms with van der Waals surface area (Å²) in [5.74, 6) is -3.13. The number of nitrogens with zero attached hydrogens (tertiary/aromatic N) is 2. The molecule has 2 amide bonds. The lowest BCUT2D eigenvalue weighted by Crippen LogP contribution is -2.66. The van der Waals surface area contributed by atoms with E-state index >= 15 is 0 Å². The van der Waals surface area contributed by atoms with E-state index in [1.54, 1.807) is 0 Å². The molecule has 0 spiro atoms. The minimum Gasteiger partial charge on any atom is -0.481 e. The molecule has 292 valence electrons. The van der Waals surface area contributed by atoms with Crippen LogP contribution in [0.25, 0.3) is 0 Å². The molecular formula is C32H46F3N5O12. The number of alkyl halides is 3. The number of carbonyl (C=O) groups excluding carboxylic acids is 4. The Morgan fingerprint density at radius 3 is 2.31 bits per heavy atom. The zero-order chi connectivity index (χ0) is 38.1. The van der Waals surface area contributed by atoms with Crippen molar-refractivity contribution >= 4 is 35.5 Å². The smallest absolute Gasteiger partial charge is 0.434 e. The van der Waals surface area contributed by atoms with Crippen LogP contribution >= 0.6 is 0 Å². The van der Waals surface area contributed by atoms with E-state index in [-0.39, 0.29) is 76.3 Å². The Balaban J connectivity index is 1.36. The van der Waals surface area contributed by atoms with Gasteiger partial charge in [-0.2, -0.15) is 13.2 Å². The van der Waals surface area contributed by atoms with E-state index in [9.17, 15) is 37.1 Å². The van der Waals surface area contributed by atoms with Gasteiger partial charge in [-0.1, -0.05) is 12.8 Å². The highest BCUT2D eigenvalue weighted by molar-refractivity contribution is 5.77. The minimum absolute atomic E-state index is 0.0675. The van der Waals surface area contributed by atoms with E-state index in [2.05, 4.69) is 25.9 Å². The molecule has 0 unspecified atom stereocenters. The third-order valence-corrected chi connectivity index (χ3v) is 7.86. The number of amides is 2. The van der Waals surface area contributed by atoms with Crippen LogP contribution in [0.4, 0.5) is 19.0 Å². The van der Waals surface area contributed by atoms with Gasteiger partial charge in [0.15, 0.2) is 29.8 Å². The number of unbranched alkanes of at least 4 members (excludes halogenated alkanes) is 3. The van der Waals surface area contributed by atoms with E-state index < -0.39 is 59.9 Å². The van der Waals surface area contributed by atoms with Crippen molar-refractivity contribution in [1.82, 2.24) is 20.6 Å². The summed E-state index contributed by atoms with van der Waals surface area (Å²) in [5, 5.41) is 16.8. The maximum absolute atomic E-state index is 13.2. The first kappa shape index (κ1) is 42.3. The van der Waals surface area contributed by atoms with E-state index in [1.165, 1.54) is 0 Å². The fourth-order valence-electron chi connectivity index (χ4n) is 5.48. The Bertz CT molecular complexity index is 1360. The van der Waals surface area contributed by atoms with Gasteiger partial charge in [-0.25, -0.2) is 4.98 Å². The summed E-state index contributed by atoms with van der Waals surface area (Å²) >= 11 is 0. The number of halogens is 3. The van der Waals surface area contributed by atoms with Crippen LogP contribution in [0.1, 0.15) is 70.9 Å². The summed E-state index contributed by atoms with van der Waals surface area (Å²) in [6.07, 6.45) is -3.33. The molecule has 0 aliphatic carbocycles. The summed E-state index contributed by atoms with van der Waals surface area (Å²) in [4.78, 5) is 65.5. The highest BCUT2D eigenvalue weighted by Crippen LogP contribution is 2.41. The summed E-state index contributed by atoms with van der Waals surface area (Å²) in [5.41, 5.74) is -2.62. The fourth-order valence-corrected chi connectivity index (χ4v) is 5.48. The number of hydrogen-bond acceptors (Lipinski definition) is 14. The molecule has 17 nitrogen and oxygen atoms in total. The molecule has 2 aliphatic heterocycles. The number of fused-ring (bicyclic) bond motifs is 2. The monoisotopic (exact) mass is 749 g/mol. The van der Waals surface area contributed by atoms with Gasteiger partial charge in [0.25, 0.3) is 0 Å². The van der Waals surface area contributed by atoms with Gasteiger partial charge in [0, 0.05) is 52.8 Å². The highest BCUT2D eigenvalue weighted by atomic mass is 19.4. The van der Waals surface area contributed by atoms with Crippen LogP contribution in [0, 0.1) is 0 Å². The molecule has 20 heteroatoms. The number of ether oxygens (including phenoxy) is 6. The largest absolute Gasteiger partial charge is 0.481 e. The molecule has 1 aromatic heterocycles. The van der Waals surface area contributed by atoms with Crippen molar-refractivity contribution in [3.8, 4) is 0 Å². The number of hydrogen-bond donors (Lipinski definition) is 4. The third kappa shape index (κ3) is 14.1. The average molecular weight is 750 g/mol. The molecule has 3 rings (SSSR count). The lowest BCUT2D eigenvalue weighted by Gasteiger charge is -2.45. The Kier molecular flexibility index (Phi) is 16.9. The van der Waals surface area contributed by atoms with Gasteiger partial charge < -0.3 is 49.5 Å². The Hall–Kier alpha value is -4.14. The predicted octanol–water partition coefficient (Wildman–Crippen LogP) is 1.74. The zero-order valence-electron chi connectivity index (χ0n) is 29.0. The lowest BCUT2D eigenvalue weighted by molar-refractivity contribution is -0.244. The molecule has 3 heterocycles. The Morgan fingerprint density at radius 1 is 0.885 bits per heavy atom. The number of carbonyl (C=O) groups is 5. The molecule has 2 saturated heterocycles. The highest BCUT2D eigenvalue weighted by Gasteiger charge is 2.63. The maximum atomic E-state index is 13.2. The standard InChI is InChI=1S/C32H46F3N5O12/c1-20(41)50-28-27(40-23-17-36-16-22(39-23)32(33,34)35)30-49-19-31(52-30,29(28)51-21(2)42)18-48-13-6-4-3-5-11-37-25(44)10-14-47-15-12-38-24(43)8-7-9-26(45)46/h16-17,27-30H,3-15,18-19H2,1-2H3,(H,37,44)(H,38,43)(H,39,40)(H,45,46)/t27-,28-,29-,30+,31+/m1/s1. The molecule has 0 aromatic carbocycles. The number of aromatic nitrogens is 2. The quantitative estimate of drug-likeness (QED) is 0.0924. The number of nitrogens with one attached hydrogen (secondary N) is 3. The summed E-state index contributed by atoms with van der Waals surface area (Å²) < 4.78 is 74.0. The number of esters is 2. The molecule has 2 bridgehead atoms. The first-order chi connectivity index (χ1) is 24.7. The van der Waals surface area contributed by atoms with Crippen molar-refractivity contribution in [3.05, 3.63) is 18.1 Å². The predicted molar refractivity (Wildman–Crippen MR) is 171 cm³/mol. The average Bonchev–Trinajstić information content (AvgIpc) is 3.46. The van der Waals surface area contributed by atoms with Crippen molar-refractivity contribution < 1.29 is 70.7 Å². The second-order valence-corrected chi connectivity index (χ2v) is 12.2. The van der Waals surface area contributed by atoms with Crippen molar-refractivity contribution in [2.45, 2.75) is 102 Å². The van der Waals surface area contributed by atoms with Crippen LogP contribution in [0.15, 0.2) is 12.4 Å². The molecule has 2 aliphatic rings. The first-order valence-electron chi connectivity index (χ1n) is 16.9. The summed E-state index contributed by atoms with van der Waals surface area (Å²) in [7, 11) is 0. The van der Waals surface area contributed by atoms with Gasteiger partial charge in [0.2, 0.25) is 11.8 Å². The number of carboxylic acids is 1. The van der Waals surface area contributed by atoms with Gasteiger partial charge >= 0.3 is 24.1 Å². The maximum Gasteiger partial charge on any atom is 0.434 e.